The van der Waals surface area contributed by atoms with Gasteiger partial charge in [0, 0.05) is 23.5 Å². The van der Waals surface area contributed by atoms with Crippen molar-refractivity contribution in [1.29, 1.82) is 0 Å². The second kappa shape index (κ2) is 4.59. The highest BCUT2D eigenvalue weighted by Crippen LogP contribution is 2.16. The number of aryl methyl sites for hydroxylation is 2. The summed E-state index contributed by atoms with van der Waals surface area (Å²) in [6.07, 6.45) is 3.44. The molecule has 0 saturated carbocycles. The van der Waals surface area contributed by atoms with E-state index in [1.165, 1.54) is 10.4 Å². The first-order chi connectivity index (χ1) is 7.25. The molecule has 0 aromatic carbocycles. The molecule has 0 unspecified atom stereocenters. The zero-order valence-corrected chi connectivity index (χ0v) is 9.73. The van der Waals surface area contributed by atoms with Gasteiger partial charge in [0.1, 0.15) is 5.01 Å². The molecule has 2 heterocycles. The zero-order valence-electron chi connectivity index (χ0n) is 8.91. The molecule has 0 aliphatic carbocycles. The third kappa shape index (κ3) is 2.67. The minimum Gasteiger partial charge on any atom is -0.472 e. The Hall–Kier alpha value is -1.13. The van der Waals surface area contributed by atoms with Crippen LogP contribution < -0.4 is 5.32 Å². The largest absolute Gasteiger partial charge is 0.472 e. The lowest BCUT2D eigenvalue weighted by Gasteiger charge is -1.98. The molecular weight excluding hydrogens is 208 g/mol. The van der Waals surface area contributed by atoms with Crippen molar-refractivity contribution in [3.8, 4) is 0 Å². The van der Waals surface area contributed by atoms with E-state index in [-0.39, 0.29) is 0 Å². The van der Waals surface area contributed by atoms with Gasteiger partial charge < -0.3 is 9.73 Å². The van der Waals surface area contributed by atoms with E-state index in [0.717, 1.165) is 23.8 Å². The quantitative estimate of drug-likeness (QED) is 0.864. The fourth-order valence-corrected chi connectivity index (χ4v) is 2.23. The molecule has 2 aromatic rings. The molecule has 3 nitrogen and oxygen atoms in total. The van der Waals surface area contributed by atoms with E-state index in [4.69, 9.17) is 4.42 Å². The minimum atomic E-state index is 0.824. The molecule has 2 aromatic heterocycles. The maximum Gasteiger partial charge on any atom is 0.107 e. The lowest BCUT2D eigenvalue weighted by Crippen LogP contribution is -2.11. The van der Waals surface area contributed by atoms with Crippen molar-refractivity contribution in [1.82, 2.24) is 10.3 Å². The lowest BCUT2D eigenvalue weighted by molar-refractivity contribution is 0.560. The smallest absolute Gasteiger partial charge is 0.107 e. The van der Waals surface area contributed by atoms with Crippen LogP contribution in [0.4, 0.5) is 0 Å². The van der Waals surface area contributed by atoms with Crippen molar-refractivity contribution in [2.45, 2.75) is 26.9 Å². The van der Waals surface area contributed by atoms with Crippen LogP contribution in [0.2, 0.25) is 0 Å². The van der Waals surface area contributed by atoms with E-state index in [1.807, 2.05) is 13.0 Å². The number of furan rings is 1. The Morgan fingerprint density at radius 3 is 2.87 bits per heavy atom. The topological polar surface area (TPSA) is 38.1 Å². The van der Waals surface area contributed by atoms with Gasteiger partial charge in [0.15, 0.2) is 0 Å². The van der Waals surface area contributed by atoms with E-state index in [2.05, 4.69) is 17.2 Å². The van der Waals surface area contributed by atoms with Crippen LogP contribution in [0.3, 0.4) is 0 Å². The molecule has 0 saturated heterocycles. The molecule has 80 valence electrons. The third-order valence-electron chi connectivity index (χ3n) is 2.26. The number of hydrogen-bond donors (Lipinski definition) is 1. The Morgan fingerprint density at radius 2 is 2.27 bits per heavy atom. The van der Waals surface area contributed by atoms with Gasteiger partial charge in [0.25, 0.3) is 0 Å². The molecule has 1 N–H and O–H groups in total. The fraction of sp³-hybridized carbons (Fsp3) is 0.364. The van der Waals surface area contributed by atoms with Crippen LogP contribution in [0.1, 0.15) is 21.1 Å². The predicted molar refractivity (Wildman–Crippen MR) is 60.8 cm³/mol. The summed E-state index contributed by atoms with van der Waals surface area (Å²) in [5.41, 5.74) is 2.31. The normalized spacial score (nSPS) is 10.8. The Morgan fingerprint density at radius 1 is 1.40 bits per heavy atom. The first-order valence-corrected chi connectivity index (χ1v) is 5.72. The van der Waals surface area contributed by atoms with Gasteiger partial charge in [-0.3, -0.25) is 0 Å². The predicted octanol–water partition coefficient (Wildman–Crippen LogP) is 2.64. The van der Waals surface area contributed by atoms with Crippen molar-refractivity contribution in [3.05, 3.63) is 39.7 Å². The van der Waals surface area contributed by atoms with E-state index in [0.29, 0.717) is 0 Å². The number of nitrogens with one attached hydrogen (secondary N) is 1. The third-order valence-corrected chi connectivity index (χ3v) is 3.33. The molecule has 0 spiro atoms. The number of aromatic nitrogens is 1. The summed E-state index contributed by atoms with van der Waals surface area (Å²) in [5, 5.41) is 4.48. The van der Waals surface area contributed by atoms with Crippen LogP contribution in [0, 0.1) is 13.8 Å². The van der Waals surface area contributed by atoms with Gasteiger partial charge in [-0.15, -0.1) is 11.3 Å². The minimum absolute atomic E-state index is 0.824. The van der Waals surface area contributed by atoms with Gasteiger partial charge in [-0.1, -0.05) is 0 Å². The van der Waals surface area contributed by atoms with Gasteiger partial charge in [0.2, 0.25) is 0 Å². The van der Waals surface area contributed by atoms with E-state index in [1.54, 1.807) is 23.9 Å². The average Bonchev–Trinajstić information content (AvgIpc) is 2.79. The summed E-state index contributed by atoms with van der Waals surface area (Å²) in [5.74, 6) is 0. The maximum absolute atomic E-state index is 4.99. The molecule has 2 rings (SSSR count). The summed E-state index contributed by atoms with van der Waals surface area (Å²) in [6, 6.07) is 1.96. The van der Waals surface area contributed by atoms with Crippen LogP contribution in [-0.4, -0.2) is 4.98 Å². The monoisotopic (exact) mass is 222 g/mol. The summed E-state index contributed by atoms with van der Waals surface area (Å²) in [6.45, 7) is 5.80. The molecule has 0 bridgehead atoms. The maximum atomic E-state index is 4.99. The summed E-state index contributed by atoms with van der Waals surface area (Å²) in [7, 11) is 0. The van der Waals surface area contributed by atoms with E-state index < -0.39 is 0 Å². The number of nitrogens with zero attached hydrogens (tertiary/aromatic N) is 1. The Bertz CT molecular complexity index is 400. The lowest BCUT2D eigenvalue weighted by atomic mass is 10.3. The zero-order chi connectivity index (χ0) is 10.7. The van der Waals surface area contributed by atoms with Gasteiger partial charge in [-0.25, -0.2) is 4.98 Å². The Labute approximate surface area is 93.2 Å². The summed E-state index contributed by atoms with van der Waals surface area (Å²) in [4.78, 5) is 5.76. The fourth-order valence-electron chi connectivity index (χ4n) is 1.32. The molecule has 4 heteroatoms. The van der Waals surface area contributed by atoms with Crippen molar-refractivity contribution >= 4 is 11.3 Å². The molecule has 0 aliphatic heterocycles. The number of rotatable bonds is 4. The SMILES string of the molecule is Cc1nc(CNCc2ccoc2)sc1C. The molecule has 0 radical (unpaired) electrons. The molecule has 0 atom stereocenters. The van der Waals surface area contributed by atoms with Gasteiger partial charge in [0.05, 0.1) is 18.2 Å². The van der Waals surface area contributed by atoms with Crippen molar-refractivity contribution in [3.63, 3.8) is 0 Å². The first kappa shape index (κ1) is 10.4. The van der Waals surface area contributed by atoms with E-state index in [9.17, 15) is 0 Å². The average molecular weight is 222 g/mol. The first-order valence-electron chi connectivity index (χ1n) is 4.90. The highest BCUT2D eigenvalue weighted by Gasteiger charge is 2.02. The van der Waals surface area contributed by atoms with Gasteiger partial charge in [-0.2, -0.15) is 0 Å². The molecular formula is C11H14N2OS. The standard InChI is InChI=1S/C11H14N2OS/c1-8-9(2)15-11(13-8)6-12-5-10-3-4-14-7-10/h3-4,7,12H,5-6H2,1-2H3. The second-order valence-electron chi connectivity index (χ2n) is 3.48. The Balaban J connectivity index is 1.83. The van der Waals surface area contributed by atoms with Crippen molar-refractivity contribution < 1.29 is 4.42 Å². The molecule has 15 heavy (non-hydrogen) atoms. The van der Waals surface area contributed by atoms with Crippen LogP contribution in [0.5, 0.6) is 0 Å². The van der Waals surface area contributed by atoms with E-state index >= 15 is 0 Å². The molecule has 0 aliphatic rings. The second-order valence-corrected chi connectivity index (χ2v) is 4.77. The van der Waals surface area contributed by atoms with Crippen molar-refractivity contribution in [2.24, 2.45) is 0 Å². The number of thiazole rings is 1. The van der Waals surface area contributed by atoms with Crippen LogP contribution in [-0.2, 0) is 13.1 Å². The van der Waals surface area contributed by atoms with Crippen molar-refractivity contribution in [2.75, 3.05) is 0 Å². The van der Waals surface area contributed by atoms with Crippen LogP contribution in [0.15, 0.2) is 23.0 Å². The Kier molecular flexibility index (Phi) is 3.18. The van der Waals surface area contributed by atoms with Gasteiger partial charge in [-0.05, 0) is 19.9 Å². The molecule has 0 amide bonds. The van der Waals surface area contributed by atoms with Crippen LogP contribution in [0.25, 0.3) is 0 Å². The molecule has 0 fully saturated rings. The number of hydrogen-bond acceptors (Lipinski definition) is 4. The summed E-state index contributed by atoms with van der Waals surface area (Å²) >= 11 is 1.75. The van der Waals surface area contributed by atoms with Crippen LogP contribution >= 0.6 is 11.3 Å². The van der Waals surface area contributed by atoms with Gasteiger partial charge >= 0.3 is 0 Å². The summed E-state index contributed by atoms with van der Waals surface area (Å²) < 4.78 is 4.99. The highest BCUT2D eigenvalue weighted by atomic mass is 32.1. The highest BCUT2D eigenvalue weighted by molar-refractivity contribution is 7.11.